The normalized spacial score (nSPS) is 9.70. The molecule has 0 saturated carbocycles. The smallest absolute Gasteiger partial charge is 0.147 e. The molecule has 1 rings (SSSR count). The second kappa shape index (κ2) is 3.20. The molecule has 2 nitrogen and oxygen atoms in total. The Balaban J connectivity index is 2.59. The summed E-state index contributed by atoms with van der Waals surface area (Å²) in [5.41, 5.74) is 0.590. The van der Waals surface area contributed by atoms with E-state index in [4.69, 9.17) is 9.83 Å². The molecule has 0 aliphatic carbocycles. The minimum Gasteiger partial charge on any atom is -0.463 e. The third kappa shape index (κ3) is 1.47. The van der Waals surface area contributed by atoms with E-state index in [0.29, 0.717) is 11.5 Å². The van der Waals surface area contributed by atoms with Gasteiger partial charge in [-0.1, -0.05) is 13.3 Å². The Labute approximate surface area is 60.4 Å². The lowest BCUT2D eigenvalue weighted by Crippen LogP contribution is -1.94. The van der Waals surface area contributed by atoms with Crippen molar-refractivity contribution in [2.75, 3.05) is 0 Å². The molecule has 0 amide bonds. The molecule has 54 valence electrons. The van der Waals surface area contributed by atoms with Crippen molar-refractivity contribution in [2.24, 2.45) is 0 Å². The average Bonchev–Trinajstić information content (AvgIpc) is 2.38. The number of rotatable bonds is 3. The van der Waals surface area contributed by atoms with Gasteiger partial charge in [-0.05, 0) is 18.6 Å². The van der Waals surface area contributed by atoms with Crippen LogP contribution < -0.4 is 0 Å². The van der Waals surface area contributed by atoms with Gasteiger partial charge in [0.15, 0.2) is 0 Å². The molecule has 2 heteroatoms. The SMILES string of the molecule is CCCC(=N)c1ccco1. The summed E-state index contributed by atoms with van der Waals surface area (Å²) in [6, 6.07) is 3.62. The quantitative estimate of drug-likeness (QED) is 0.638. The van der Waals surface area contributed by atoms with Crippen molar-refractivity contribution in [3.8, 4) is 0 Å². The van der Waals surface area contributed by atoms with Gasteiger partial charge < -0.3 is 9.83 Å². The van der Waals surface area contributed by atoms with Crippen LogP contribution in [0.1, 0.15) is 25.5 Å². The first kappa shape index (κ1) is 7.06. The monoisotopic (exact) mass is 137 g/mol. The molecule has 0 radical (unpaired) electrons. The first-order valence-corrected chi connectivity index (χ1v) is 3.46. The predicted molar refractivity (Wildman–Crippen MR) is 40.4 cm³/mol. The van der Waals surface area contributed by atoms with Gasteiger partial charge in [-0.2, -0.15) is 0 Å². The highest BCUT2D eigenvalue weighted by Crippen LogP contribution is 2.04. The van der Waals surface area contributed by atoms with Crippen LogP contribution in [0.15, 0.2) is 22.8 Å². The topological polar surface area (TPSA) is 37.0 Å². The molecule has 1 aromatic rings. The maximum absolute atomic E-state index is 7.45. The Morgan fingerprint density at radius 2 is 2.50 bits per heavy atom. The minimum atomic E-state index is 0.590. The summed E-state index contributed by atoms with van der Waals surface area (Å²) < 4.78 is 5.02. The van der Waals surface area contributed by atoms with E-state index in [1.165, 1.54) is 0 Å². The zero-order valence-corrected chi connectivity index (χ0v) is 6.05. The largest absolute Gasteiger partial charge is 0.463 e. The van der Waals surface area contributed by atoms with Crippen molar-refractivity contribution in [3.05, 3.63) is 24.2 Å². The van der Waals surface area contributed by atoms with Gasteiger partial charge in [-0.3, -0.25) is 0 Å². The maximum atomic E-state index is 7.45. The molecule has 0 saturated heterocycles. The zero-order valence-electron chi connectivity index (χ0n) is 6.05. The minimum absolute atomic E-state index is 0.590. The van der Waals surface area contributed by atoms with Crippen LogP contribution in [0.25, 0.3) is 0 Å². The summed E-state index contributed by atoms with van der Waals surface area (Å²) >= 11 is 0. The van der Waals surface area contributed by atoms with E-state index < -0.39 is 0 Å². The molecule has 0 aromatic carbocycles. The lowest BCUT2D eigenvalue weighted by atomic mass is 10.2. The van der Waals surface area contributed by atoms with Crippen LogP contribution >= 0.6 is 0 Å². The third-order valence-corrected chi connectivity index (χ3v) is 1.32. The van der Waals surface area contributed by atoms with Gasteiger partial charge in [0.2, 0.25) is 0 Å². The molecular weight excluding hydrogens is 126 g/mol. The molecule has 0 bridgehead atoms. The Morgan fingerprint density at radius 1 is 1.70 bits per heavy atom. The molecule has 0 atom stereocenters. The molecule has 1 aromatic heterocycles. The summed E-state index contributed by atoms with van der Waals surface area (Å²) in [6.07, 6.45) is 3.40. The average molecular weight is 137 g/mol. The highest BCUT2D eigenvalue weighted by molar-refractivity contribution is 5.95. The van der Waals surface area contributed by atoms with Gasteiger partial charge in [0.05, 0.1) is 12.0 Å². The Morgan fingerprint density at radius 3 is 3.00 bits per heavy atom. The van der Waals surface area contributed by atoms with Gasteiger partial charge >= 0.3 is 0 Å². The van der Waals surface area contributed by atoms with Gasteiger partial charge in [0, 0.05) is 0 Å². The van der Waals surface area contributed by atoms with Crippen LogP contribution in [-0.4, -0.2) is 5.71 Å². The summed E-state index contributed by atoms with van der Waals surface area (Å²) in [5, 5.41) is 7.45. The molecule has 0 fully saturated rings. The standard InChI is InChI=1S/C8H11NO/c1-2-4-7(9)8-5-3-6-10-8/h3,5-6,9H,2,4H2,1H3. The summed E-state index contributed by atoms with van der Waals surface area (Å²) in [7, 11) is 0. The van der Waals surface area contributed by atoms with Gasteiger partial charge in [0.1, 0.15) is 5.76 Å². The fourth-order valence-corrected chi connectivity index (χ4v) is 0.823. The van der Waals surface area contributed by atoms with Crippen LogP contribution in [0.2, 0.25) is 0 Å². The van der Waals surface area contributed by atoms with Crippen LogP contribution in [-0.2, 0) is 0 Å². The number of hydrogen-bond acceptors (Lipinski definition) is 2. The van der Waals surface area contributed by atoms with E-state index in [1.54, 1.807) is 12.3 Å². The molecule has 0 unspecified atom stereocenters. The van der Waals surface area contributed by atoms with Crippen molar-refractivity contribution in [1.29, 1.82) is 5.41 Å². The number of nitrogens with one attached hydrogen (secondary N) is 1. The number of furan rings is 1. The van der Waals surface area contributed by atoms with Crippen LogP contribution in [0.5, 0.6) is 0 Å². The van der Waals surface area contributed by atoms with E-state index in [0.717, 1.165) is 12.8 Å². The van der Waals surface area contributed by atoms with Gasteiger partial charge in [-0.15, -0.1) is 0 Å². The van der Waals surface area contributed by atoms with E-state index in [2.05, 4.69) is 6.92 Å². The Bertz CT molecular complexity index is 201. The Kier molecular flexibility index (Phi) is 2.26. The van der Waals surface area contributed by atoms with E-state index in [-0.39, 0.29) is 0 Å². The second-order valence-corrected chi connectivity index (χ2v) is 2.21. The molecular formula is C8H11NO. The van der Waals surface area contributed by atoms with Crippen molar-refractivity contribution in [3.63, 3.8) is 0 Å². The van der Waals surface area contributed by atoms with Crippen molar-refractivity contribution < 1.29 is 4.42 Å². The highest BCUT2D eigenvalue weighted by Gasteiger charge is 2.00. The summed E-state index contributed by atoms with van der Waals surface area (Å²) in [4.78, 5) is 0. The lowest BCUT2D eigenvalue weighted by molar-refractivity contribution is 0.554. The predicted octanol–water partition coefficient (Wildman–Crippen LogP) is 2.45. The van der Waals surface area contributed by atoms with Crippen molar-refractivity contribution in [1.82, 2.24) is 0 Å². The molecule has 1 N–H and O–H groups in total. The first-order chi connectivity index (χ1) is 4.84. The molecule has 0 aliphatic heterocycles. The summed E-state index contributed by atoms with van der Waals surface area (Å²) in [5.74, 6) is 0.696. The molecule has 10 heavy (non-hydrogen) atoms. The van der Waals surface area contributed by atoms with Gasteiger partial charge in [0.25, 0.3) is 0 Å². The first-order valence-electron chi connectivity index (χ1n) is 3.46. The third-order valence-electron chi connectivity index (χ3n) is 1.32. The van der Waals surface area contributed by atoms with E-state index in [9.17, 15) is 0 Å². The lowest BCUT2D eigenvalue weighted by Gasteiger charge is -1.94. The maximum Gasteiger partial charge on any atom is 0.147 e. The molecule has 0 aliphatic rings. The fraction of sp³-hybridized carbons (Fsp3) is 0.375. The second-order valence-electron chi connectivity index (χ2n) is 2.21. The van der Waals surface area contributed by atoms with Crippen LogP contribution in [0.4, 0.5) is 0 Å². The zero-order chi connectivity index (χ0) is 7.40. The number of hydrogen-bond donors (Lipinski definition) is 1. The Hall–Kier alpha value is -1.05. The van der Waals surface area contributed by atoms with E-state index >= 15 is 0 Å². The van der Waals surface area contributed by atoms with Crippen LogP contribution in [0.3, 0.4) is 0 Å². The molecule has 1 heterocycles. The van der Waals surface area contributed by atoms with Crippen molar-refractivity contribution >= 4 is 5.71 Å². The van der Waals surface area contributed by atoms with Crippen molar-refractivity contribution in [2.45, 2.75) is 19.8 Å². The summed E-state index contributed by atoms with van der Waals surface area (Å²) in [6.45, 7) is 2.05. The molecule has 0 spiro atoms. The highest BCUT2D eigenvalue weighted by atomic mass is 16.3. The van der Waals surface area contributed by atoms with Crippen LogP contribution in [0, 0.1) is 5.41 Å². The van der Waals surface area contributed by atoms with Gasteiger partial charge in [-0.25, -0.2) is 0 Å². The van der Waals surface area contributed by atoms with E-state index in [1.807, 2.05) is 6.07 Å². The fourth-order valence-electron chi connectivity index (χ4n) is 0.823.